The molecule has 0 aliphatic heterocycles. The second kappa shape index (κ2) is 9.67. The molecule has 114 valence electrons. The summed E-state index contributed by atoms with van der Waals surface area (Å²) in [7, 11) is 0. The van der Waals surface area contributed by atoms with Crippen LogP contribution < -0.4 is 0 Å². The number of Topliss-reactive ketones (excluding diaryl/α,β-unsaturated/α-hetero) is 1. The summed E-state index contributed by atoms with van der Waals surface area (Å²) in [4.78, 5) is 10.8. The molecule has 1 rings (SSSR count). The van der Waals surface area contributed by atoms with Crippen molar-refractivity contribution in [1.29, 1.82) is 0 Å². The number of nitrogens with zero attached hydrogens (tertiary/aromatic N) is 3. The van der Waals surface area contributed by atoms with Gasteiger partial charge in [-0.05, 0) is 38.5 Å². The molecule has 0 atom stereocenters. The van der Waals surface area contributed by atoms with Gasteiger partial charge in [0.2, 0.25) is 0 Å². The fourth-order valence-electron chi connectivity index (χ4n) is 2.25. The number of ketones is 1. The van der Waals surface area contributed by atoms with E-state index >= 15 is 0 Å². The van der Waals surface area contributed by atoms with Crippen LogP contribution in [0.5, 0.6) is 0 Å². The number of hydrogen-bond acceptors (Lipinski definition) is 3. The van der Waals surface area contributed by atoms with E-state index in [1.54, 1.807) is 6.92 Å². The van der Waals surface area contributed by atoms with Crippen molar-refractivity contribution in [2.24, 2.45) is 5.92 Å². The van der Waals surface area contributed by atoms with E-state index in [-0.39, 0.29) is 5.78 Å². The Kier molecular flexibility index (Phi) is 8.16. The molecule has 0 unspecified atom stereocenters. The first-order valence-corrected chi connectivity index (χ1v) is 7.96. The highest BCUT2D eigenvalue weighted by Crippen LogP contribution is 2.09. The summed E-state index contributed by atoms with van der Waals surface area (Å²) in [5, 5.41) is 8.35. The number of unbranched alkanes of at least 4 members (excludes halogenated alkanes) is 3. The molecule has 0 aliphatic rings. The van der Waals surface area contributed by atoms with Crippen molar-refractivity contribution in [2.75, 3.05) is 0 Å². The van der Waals surface area contributed by atoms with Crippen molar-refractivity contribution >= 4 is 5.78 Å². The predicted octanol–water partition coefficient (Wildman–Crippen LogP) is 3.80. The third-order valence-electron chi connectivity index (χ3n) is 3.47. The third kappa shape index (κ3) is 8.08. The topological polar surface area (TPSA) is 47.8 Å². The normalized spacial score (nSPS) is 11.2. The summed E-state index contributed by atoms with van der Waals surface area (Å²) in [6, 6.07) is 0. The number of aryl methyl sites for hydroxylation is 2. The maximum atomic E-state index is 10.8. The van der Waals surface area contributed by atoms with Gasteiger partial charge in [-0.2, -0.15) is 0 Å². The average Bonchev–Trinajstić information content (AvgIpc) is 2.81. The highest BCUT2D eigenvalue weighted by Gasteiger charge is 2.02. The van der Waals surface area contributed by atoms with E-state index in [2.05, 4.69) is 30.4 Å². The predicted molar refractivity (Wildman–Crippen MR) is 81.6 cm³/mol. The van der Waals surface area contributed by atoms with Gasteiger partial charge in [0.15, 0.2) is 0 Å². The summed E-state index contributed by atoms with van der Waals surface area (Å²) < 4.78 is 1.95. The van der Waals surface area contributed by atoms with Gasteiger partial charge >= 0.3 is 0 Å². The van der Waals surface area contributed by atoms with Crippen molar-refractivity contribution in [3.63, 3.8) is 0 Å². The zero-order chi connectivity index (χ0) is 14.8. The summed E-state index contributed by atoms with van der Waals surface area (Å²) in [6.07, 6.45) is 10.7. The maximum absolute atomic E-state index is 10.8. The molecule has 0 aliphatic carbocycles. The van der Waals surface area contributed by atoms with Crippen molar-refractivity contribution in [3.05, 3.63) is 11.9 Å². The Morgan fingerprint density at radius 2 is 2.00 bits per heavy atom. The third-order valence-corrected chi connectivity index (χ3v) is 3.47. The van der Waals surface area contributed by atoms with Gasteiger partial charge in [0.25, 0.3) is 0 Å². The van der Waals surface area contributed by atoms with Gasteiger partial charge < -0.3 is 4.79 Å². The van der Waals surface area contributed by atoms with Crippen LogP contribution in [0.2, 0.25) is 0 Å². The van der Waals surface area contributed by atoms with E-state index in [0.717, 1.165) is 37.4 Å². The molecule has 4 heteroatoms. The van der Waals surface area contributed by atoms with Crippen LogP contribution in [0, 0.1) is 5.92 Å². The lowest BCUT2D eigenvalue weighted by molar-refractivity contribution is -0.117. The van der Waals surface area contributed by atoms with Crippen LogP contribution in [0.3, 0.4) is 0 Å². The van der Waals surface area contributed by atoms with E-state index in [0.29, 0.717) is 6.42 Å². The molecule has 0 aromatic carbocycles. The summed E-state index contributed by atoms with van der Waals surface area (Å²) >= 11 is 0. The highest BCUT2D eigenvalue weighted by atomic mass is 16.1. The molecule has 0 saturated heterocycles. The van der Waals surface area contributed by atoms with Crippen LogP contribution in [0.15, 0.2) is 6.20 Å². The second-order valence-corrected chi connectivity index (χ2v) is 6.13. The molecule has 0 spiro atoms. The quantitative estimate of drug-likeness (QED) is 0.579. The molecule has 0 amide bonds. The molecule has 1 aromatic heterocycles. The Labute approximate surface area is 122 Å². The fraction of sp³-hybridized carbons (Fsp3) is 0.812. The first-order valence-electron chi connectivity index (χ1n) is 7.96. The molecule has 20 heavy (non-hydrogen) atoms. The monoisotopic (exact) mass is 279 g/mol. The minimum atomic E-state index is 0.273. The van der Waals surface area contributed by atoms with Crippen molar-refractivity contribution < 1.29 is 4.79 Å². The molecule has 1 aromatic rings. The Morgan fingerprint density at radius 1 is 1.20 bits per heavy atom. The van der Waals surface area contributed by atoms with Gasteiger partial charge in [0.05, 0.1) is 5.69 Å². The van der Waals surface area contributed by atoms with E-state index in [1.165, 1.54) is 25.7 Å². The van der Waals surface area contributed by atoms with Gasteiger partial charge in [-0.15, -0.1) is 5.10 Å². The molecule has 4 nitrogen and oxygen atoms in total. The molecule has 0 saturated carbocycles. The smallest absolute Gasteiger partial charge is 0.129 e. The van der Waals surface area contributed by atoms with Crippen molar-refractivity contribution in [3.8, 4) is 0 Å². The molecule has 0 N–H and O–H groups in total. The molecular weight excluding hydrogens is 250 g/mol. The van der Waals surface area contributed by atoms with Gasteiger partial charge in [-0.3, -0.25) is 4.68 Å². The maximum Gasteiger partial charge on any atom is 0.129 e. The number of hydrogen-bond donors (Lipinski definition) is 0. The van der Waals surface area contributed by atoms with E-state index < -0.39 is 0 Å². The number of rotatable bonds is 11. The first-order chi connectivity index (χ1) is 9.58. The van der Waals surface area contributed by atoms with E-state index in [1.807, 2.05) is 4.68 Å². The van der Waals surface area contributed by atoms with Crippen LogP contribution in [-0.2, 0) is 17.8 Å². The number of carbonyl (C=O) groups is 1. The molecule has 0 bridgehead atoms. The van der Waals surface area contributed by atoms with Crippen LogP contribution in [-0.4, -0.2) is 20.8 Å². The minimum absolute atomic E-state index is 0.273. The van der Waals surface area contributed by atoms with Crippen LogP contribution >= 0.6 is 0 Å². The zero-order valence-electron chi connectivity index (χ0n) is 13.3. The Bertz CT molecular complexity index is 385. The zero-order valence-corrected chi connectivity index (χ0v) is 13.3. The summed E-state index contributed by atoms with van der Waals surface area (Å²) in [6.45, 7) is 7.17. The van der Waals surface area contributed by atoms with Crippen LogP contribution in [0.1, 0.15) is 71.4 Å². The average molecular weight is 279 g/mol. The number of aromatic nitrogens is 3. The van der Waals surface area contributed by atoms with Gasteiger partial charge in [0, 0.05) is 19.2 Å². The second-order valence-electron chi connectivity index (χ2n) is 6.13. The SMILES string of the molecule is CC(=O)CCCCc1cn(CCCCCC(C)C)nn1. The molecular formula is C16H29N3O. The van der Waals surface area contributed by atoms with Gasteiger partial charge in [-0.1, -0.05) is 38.3 Å². The Balaban J connectivity index is 2.11. The van der Waals surface area contributed by atoms with Crippen LogP contribution in [0.25, 0.3) is 0 Å². The highest BCUT2D eigenvalue weighted by molar-refractivity contribution is 5.75. The van der Waals surface area contributed by atoms with Crippen molar-refractivity contribution in [2.45, 2.75) is 78.7 Å². The lowest BCUT2D eigenvalue weighted by atomic mass is 10.1. The lowest BCUT2D eigenvalue weighted by Crippen LogP contribution is -1.99. The van der Waals surface area contributed by atoms with Gasteiger partial charge in [-0.25, -0.2) is 0 Å². The first kappa shape index (κ1) is 16.9. The summed E-state index contributed by atoms with van der Waals surface area (Å²) in [5.74, 6) is 1.08. The summed E-state index contributed by atoms with van der Waals surface area (Å²) in [5.41, 5.74) is 1.05. The molecule has 1 heterocycles. The largest absolute Gasteiger partial charge is 0.300 e. The fourth-order valence-corrected chi connectivity index (χ4v) is 2.25. The van der Waals surface area contributed by atoms with Crippen molar-refractivity contribution in [1.82, 2.24) is 15.0 Å². The van der Waals surface area contributed by atoms with Crippen LogP contribution in [0.4, 0.5) is 0 Å². The van der Waals surface area contributed by atoms with E-state index in [4.69, 9.17) is 0 Å². The molecule has 0 fully saturated rings. The number of carbonyl (C=O) groups excluding carboxylic acids is 1. The Hall–Kier alpha value is -1.19. The van der Waals surface area contributed by atoms with Gasteiger partial charge in [0.1, 0.15) is 5.78 Å². The standard InChI is InChI=1S/C16H29N3O/c1-14(2)9-5-4-8-12-19-13-16(17-18-19)11-7-6-10-15(3)20/h13-14H,4-12H2,1-3H3. The molecule has 0 radical (unpaired) electrons. The lowest BCUT2D eigenvalue weighted by Gasteiger charge is -2.03. The van der Waals surface area contributed by atoms with E-state index in [9.17, 15) is 4.79 Å². The minimum Gasteiger partial charge on any atom is -0.300 e. The Morgan fingerprint density at radius 3 is 2.70 bits per heavy atom.